The first-order valence-corrected chi connectivity index (χ1v) is 11.8. The second-order valence-electron chi connectivity index (χ2n) is 7.89. The van der Waals surface area contributed by atoms with Gasteiger partial charge in [0.1, 0.15) is 11.5 Å². The van der Waals surface area contributed by atoms with E-state index in [9.17, 15) is 22.8 Å². The van der Waals surface area contributed by atoms with Gasteiger partial charge in [-0.15, -0.1) is 0 Å². The van der Waals surface area contributed by atoms with Gasteiger partial charge in [0.05, 0.1) is 11.4 Å². The van der Waals surface area contributed by atoms with Crippen LogP contribution in [0.3, 0.4) is 0 Å². The normalized spacial score (nSPS) is 11.5. The minimum absolute atomic E-state index is 0.00290. The summed E-state index contributed by atoms with van der Waals surface area (Å²) in [6.45, 7) is 6.22. The number of amides is 1. The van der Waals surface area contributed by atoms with E-state index in [2.05, 4.69) is 10.3 Å². The van der Waals surface area contributed by atoms with Gasteiger partial charge in [-0.05, 0) is 30.5 Å². The maximum atomic E-state index is 12.7. The van der Waals surface area contributed by atoms with Crippen molar-refractivity contribution in [1.82, 2.24) is 9.55 Å². The van der Waals surface area contributed by atoms with Crippen molar-refractivity contribution < 1.29 is 13.2 Å². The summed E-state index contributed by atoms with van der Waals surface area (Å²) in [6, 6.07) is 5.53. The summed E-state index contributed by atoms with van der Waals surface area (Å²) >= 11 is 0. The van der Waals surface area contributed by atoms with Gasteiger partial charge in [0, 0.05) is 18.8 Å². The van der Waals surface area contributed by atoms with Crippen LogP contribution in [0.1, 0.15) is 33.6 Å². The Bertz CT molecular complexity index is 1190. The van der Waals surface area contributed by atoms with Gasteiger partial charge in [0.25, 0.3) is 5.56 Å². The lowest BCUT2D eigenvalue weighted by Crippen LogP contribution is -2.43. The Balaban J connectivity index is 2.37. The second-order valence-corrected chi connectivity index (χ2v) is 9.46. The van der Waals surface area contributed by atoms with Gasteiger partial charge in [-0.2, -0.15) is 0 Å². The van der Waals surface area contributed by atoms with Crippen LogP contribution in [0, 0.1) is 5.92 Å². The average Bonchev–Trinajstić information content (AvgIpc) is 2.66. The minimum Gasteiger partial charge on any atom is -0.383 e. The van der Waals surface area contributed by atoms with Crippen molar-refractivity contribution in [2.24, 2.45) is 11.1 Å². The molecule has 0 aliphatic carbocycles. The first-order valence-electron chi connectivity index (χ1n) is 10.2. The molecule has 6 N–H and O–H groups in total. The third-order valence-corrected chi connectivity index (χ3v) is 5.54. The Morgan fingerprint density at radius 3 is 2.56 bits per heavy atom. The number of nitrogens with zero attached hydrogens (tertiary/aromatic N) is 2. The number of aromatic amines is 1. The molecule has 2 rings (SSSR count). The molecular weight excluding hydrogens is 436 g/mol. The fourth-order valence-electron chi connectivity index (χ4n) is 3.22. The largest absolute Gasteiger partial charge is 0.383 e. The Morgan fingerprint density at radius 1 is 1.28 bits per heavy atom. The number of carbonyl (C=O) groups excluding carboxylic acids is 1. The quantitative estimate of drug-likeness (QED) is 0.398. The summed E-state index contributed by atoms with van der Waals surface area (Å²) in [6.07, 6.45) is 1.52. The van der Waals surface area contributed by atoms with E-state index in [-0.39, 0.29) is 34.6 Å². The lowest BCUT2D eigenvalue weighted by molar-refractivity contribution is -0.115. The minimum atomic E-state index is -3.93. The number of hydrogen-bond acceptors (Lipinski definition) is 7. The number of aromatic nitrogens is 2. The van der Waals surface area contributed by atoms with Gasteiger partial charge in [-0.1, -0.05) is 33.3 Å². The monoisotopic (exact) mass is 466 g/mol. The standard InChI is InChI=1S/C20H30N6O5S/c1-4-5-9-26-18(21)17(19(28)24-20(26)29)25(11-13(2)3)12-16(27)23-14-7-6-8-15(10-14)32(22,30)31/h6-8,10,13H,4-5,9,11-12,21H2,1-3H3,(H,23,27)(H2,22,30,31)(H,24,28,29). The molecule has 11 nitrogen and oxygen atoms in total. The van der Waals surface area contributed by atoms with Crippen LogP contribution in [0.4, 0.5) is 17.2 Å². The molecule has 176 valence electrons. The second kappa shape index (κ2) is 10.5. The predicted molar refractivity (Wildman–Crippen MR) is 124 cm³/mol. The van der Waals surface area contributed by atoms with E-state index in [4.69, 9.17) is 10.9 Å². The van der Waals surface area contributed by atoms with Gasteiger partial charge in [-0.3, -0.25) is 19.1 Å². The lowest BCUT2D eigenvalue weighted by Gasteiger charge is -2.27. The third-order valence-electron chi connectivity index (χ3n) is 4.63. The highest BCUT2D eigenvalue weighted by Crippen LogP contribution is 2.19. The highest BCUT2D eigenvalue weighted by Gasteiger charge is 2.22. The molecule has 32 heavy (non-hydrogen) atoms. The first kappa shape index (κ1) is 25.1. The summed E-state index contributed by atoms with van der Waals surface area (Å²) in [7, 11) is -3.93. The summed E-state index contributed by atoms with van der Waals surface area (Å²) in [5.41, 5.74) is 5.19. The number of nitrogens with two attached hydrogens (primary N) is 2. The number of nitrogen functional groups attached to an aromatic ring is 1. The maximum absolute atomic E-state index is 12.7. The van der Waals surface area contributed by atoms with Gasteiger partial charge >= 0.3 is 5.69 Å². The van der Waals surface area contributed by atoms with E-state index >= 15 is 0 Å². The smallest absolute Gasteiger partial charge is 0.330 e. The van der Waals surface area contributed by atoms with E-state index in [1.807, 2.05) is 20.8 Å². The molecule has 0 aliphatic heterocycles. The van der Waals surface area contributed by atoms with Crippen molar-refractivity contribution in [3.8, 4) is 0 Å². The van der Waals surface area contributed by atoms with Crippen molar-refractivity contribution in [2.45, 2.75) is 45.1 Å². The molecule has 0 saturated carbocycles. The number of H-pyrrole nitrogens is 1. The lowest BCUT2D eigenvalue weighted by atomic mass is 10.2. The number of carbonyl (C=O) groups is 1. The van der Waals surface area contributed by atoms with Crippen LogP contribution in [-0.2, 0) is 21.4 Å². The SMILES string of the molecule is CCCCn1c(N)c(N(CC(=O)Nc2cccc(S(N)(=O)=O)c2)CC(C)C)c(=O)[nH]c1=O. The number of hydrogen-bond donors (Lipinski definition) is 4. The van der Waals surface area contributed by atoms with Gasteiger partial charge < -0.3 is 16.0 Å². The number of anilines is 3. The van der Waals surface area contributed by atoms with Crippen molar-refractivity contribution in [3.63, 3.8) is 0 Å². The van der Waals surface area contributed by atoms with Crippen molar-refractivity contribution in [3.05, 3.63) is 45.1 Å². The molecule has 0 spiro atoms. The van der Waals surface area contributed by atoms with E-state index < -0.39 is 27.2 Å². The molecule has 0 fully saturated rings. The zero-order valence-corrected chi connectivity index (χ0v) is 19.2. The average molecular weight is 467 g/mol. The van der Waals surface area contributed by atoms with E-state index in [0.29, 0.717) is 19.5 Å². The Kier molecular flexibility index (Phi) is 8.22. The van der Waals surface area contributed by atoms with Gasteiger partial charge in [0.15, 0.2) is 0 Å². The van der Waals surface area contributed by atoms with Crippen molar-refractivity contribution in [1.29, 1.82) is 0 Å². The Labute approximate surface area is 186 Å². The predicted octanol–water partition coefficient (Wildman–Crippen LogP) is 0.667. The molecule has 0 aliphatic rings. The van der Waals surface area contributed by atoms with Crippen molar-refractivity contribution >= 4 is 33.1 Å². The Hall–Kier alpha value is -3.12. The highest BCUT2D eigenvalue weighted by atomic mass is 32.2. The molecule has 0 atom stereocenters. The van der Waals surface area contributed by atoms with Crippen LogP contribution in [0.15, 0.2) is 38.8 Å². The molecule has 0 radical (unpaired) electrons. The van der Waals surface area contributed by atoms with E-state index in [0.717, 1.165) is 6.42 Å². The van der Waals surface area contributed by atoms with Crippen LogP contribution >= 0.6 is 0 Å². The van der Waals surface area contributed by atoms with Crippen LogP contribution in [-0.4, -0.2) is 37.0 Å². The molecule has 2 aromatic rings. The number of sulfonamides is 1. The maximum Gasteiger partial charge on any atom is 0.330 e. The number of unbranched alkanes of at least 4 members (excludes halogenated alkanes) is 1. The zero-order chi connectivity index (χ0) is 24.1. The summed E-state index contributed by atoms with van der Waals surface area (Å²) in [4.78, 5) is 41.2. The van der Waals surface area contributed by atoms with Gasteiger partial charge in [0.2, 0.25) is 15.9 Å². The van der Waals surface area contributed by atoms with Crippen LogP contribution in [0.5, 0.6) is 0 Å². The molecule has 1 heterocycles. The molecular formula is C20H30N6O5S. The number of nitrogens with one attached hydrogen (secondary N) is 2. The van der Waals surface area contributed by atoms with E-state index in [1.165, 1.54) is 33.7 Å². The summed E-state index contributed by atoms with van der Waals surface area (Å²) in [5, 5.41) is 7.74. The Morgan fingerprint density at radius 2 is 1.97 bits per heavy atom. The van der Waals surface area contributed by atoms with Crippen molar-refractivity contribution in [2.75, 3.05) is 29.0 Å². The third kappa shape index (κ3) is 6.44. The summed E-state index contributed by atoms with van der Waals surface area (Å²) in [5.74, 6) is -0.428. The highest BCUT2D eigenvalue weighted by molar-refractivity contribution is 7.89. The number of primary sulfonamides is 1. The van der Waals surface area contributed by atoms with Crippen LogP contribution in [0.25, 0.3) is 0 Å². The molecule has 1 amide bonds. The molecule has 0 unspecified atom stereocenters. The molecule has 1 aromatic heterocycles. The fourth-order valence-corrected chi connectivity index (χ4v) is 3.78. The molecule has 0 saturated heterocycles. The van der Waals surface area contributed by atoms with Gasteiger partial charge in [-0.25, -0.2) is 18.4 Å². The number of rotatable bonds is 10. The zero-order valence-electron chi connectivity index (χ0n) is 18.4. The van der Waals surface area contributed by atoms with E-state index in [1.54, 1.807) is 0 Å². The van der Waals surface area contributed by atoms with Crippen LogP contribution in [0.2, 0.25) is 0 Å². The molecule has 12 heteroatoms. The summed E-state index contributed by atoms with van der Waals surface area (Å²) < 4.78 is 24.4. The van der Waals surface area contributed by atoms with Crippen LogP contribution < -0.4 is 32.3 Å². The number of benzene rings is 1. The molecule has 0 bridgehead atoms. The first-order chi connectivity index (χ1) is 14.9. The fraction of sp³-hybridized carbons (Fsp3) is 0.450. The topological polar surface area (TPSA) is 173 Å². The molecule has 1 aromatic carbocycles.